The average molecular weight is 220 g/mol. The third-order valence-corrected chi connectivity index (χ3v) is 3.02. The highest BCUT2D eigenvalue weighted by atomic mass is 15.0. The Morgan fingerprint density at radius 2 is 2.38 bits per heavy atom. The van der Waals surface area contributed by atoms with E-state index in [0.717, 1.165) is 30.2 Å². The van der Waals surface area contributed by atoms with Crippen molar-refractivity contribution in [3.63, 3.8) is 0 Å². The summed E-state index contributed by atoms with van der Waals surface area (Å²) in [4.78, 5) is 8.73. The number of aryl methyl sites for hydroxylation is 2. The first kappa shape index (κ1) is 11.3. The minimum absolute atomic E-state index is 0.686. The van der Waals surface area contributed by atoms with Crippen molar-refractivity contribution in [2.24, 2.45) is 0 Å². The Morgan fingerprint density at radius 1 is 1.50 bits per heavy atom. The molecule has 4 nitrogen and oxygen atoms in total. The van der Waals surface area contributed by atoms with Crippen LogP contribution in [0.15, 0.2) is 6.20 Å². The summed E-state index contributed by atoms with van der Waals surface area (Å²) in [5.74, 6) is 0.929. The summed E-state index contributed by atoms with van der Waals surface area (Å²) >= 11 is 0. The molecule has 0 aliphatic carbocycles. The molecule has 1 saturated heterocycles. The van der Waals surface area contributed by atoms with Crippen molar-refractivity contribution in [3.05, 3.63) is 17.6 Å². The molecule has 1 aliphatic rings. The monoisotopic (exact) mass is 220 g/mol. The molecule has 0 amide bonds. The Balaban J connectivity index is 1.82. The molecular weight excluding hydrogens is 200 g/mol. The van der Waals surface area contributed by atoms with Crippen molar-refractivity contribution in [1.29, 1.82) is 0 Å². The van der Waals surface area contributed by atoms with Gasteiger partial charge in [-0.05, 0) is 39.7 Å². The van der Waals surface area contributed by atoms with Crippen molar-refractivity contribution in [1.82, 2.24) is 15.3 Å². The second-order valence-electron chi connectivity index (χ2n) is 4.45. The highest BCUT2D eigenvalue weighted by Crippen LogP contribution is 2.11. The molecule has 0 unspecified atom stereocenters. The minimum Gasteiger partial charge on any atom is -0.369 e. The van der Waals surface area contributed by atoms with Gasteiger partial charge < -0.3 is 10.6 Å². The average Bonchev–Trinajstić information content (AvgIpc) is 2.76. The first-order chi connectivity index (χ1) is 7.75. The van der Waals surface area contributed by atoms with Crippen molar-refractivity contribution >= 4 is 5.82 Å². The number of nitrogens with one attached hydrogen (secondary N) is 2. The molecule has 16 heavy (non-hydrogen) atoms. The van der Waals surface area contributed by atoms with Gasteiger partial charge in [-0.2, -0.15) is 0 Å². The fraction of sp³-hybridized carbons (Fsp3) is 0.667. The van der Waals surface area contributed by atoms with Gasteiger partial charge in [0.05, 0.1) is 11.4 Å². The van der Waals surface area contributed by atoms with E-state index >= 15 is 0 Å². The number of rotatable bonds is 4. The van der Waals surface area contributed by atoms with Crippen LogP contribution in [-0.4, -0.2) is 29.1 Å². The van der Waals surface area contributed by atoms with Crippen LogP contribution in [0.4, 0.5) is 5.82 Å². The summed E-state index contributed by atoms with van der Waals surface area (Å²) in [6, 6.07) is 0.686. The zero-order chi connectivity index (χ0) is 11.4. The highest BCUT2D eigenvalue weighted by molar-refractivity contribution is 5.39. The molecule has 1 aliphatic heterocycles. The van der Waals surface area contributed by atoms with Gasteiger partial charge in [-0.1, -0.05) is 0 Å². The maximum Gasteiger partial charge on any atom is 0.147 e. The van der Waals surface area contributed by atoms with Gasteiger partial charge in [0.2, 0.25) is 0 Å². The van der Waals surface area contributed by atoms with Crippen LogP contribution in [-0.2, 0) is 0 Å². The maximum absolute atomic E-state index is 4.44. The van der Waals surface area contributed by atoms with Gasteiger partial charge in [-0.25, -0.2) is 4.98 Å². The predicted molar refractivity (Wildman–Crippen MR) is 65.6 cm³/mol. The van der Waals surface area contributed by atoms with Crippen LogP contribution in [0, 0.1) is 13.8 Å². The SMILES string of the molecule is Cc1cnc(C)c(NCC[C@@H]2CCCN2)n1. The molecule has 0 radical (unpaired) electrons. The third-order valence-electron chi connectivity index (χ3n) is 3.02. The molecule has 1 aromatic rings. The first-order valence-electron chi connectivity index (χ1n) is 6.03. The van der Waals surface area contributed by atoms with Crippen LogP contribution >= 0.6 is 0 Å². The van der Waals surface area contributed by atoms with E-state index in [4.69, 9.17) is 0 Å². The topological polar surface area (TPSA) is 49.8 Å². The normalized spacial score (nSPS) is 20.0. The number of hydrogen-bond acceptors (Lipinski definition) is 4. The Bertz CT molecular complexity index is 345. The number of hydrogen-bond donors (Lipinski definition) is 2. The van der Waals surface area contributed by atoms with Crippen LogP contribution in [0.5, 0.6) is 0 Å². The quantitative estimate of drug-likeness (QED) is 0.810. The van der Waals surface area contributed by atoms with E-state index in [2.05, 4.69) is 20.6 Å². The van der Waals surface area contributed by atoms with E-state index in [-0.39, 0.29) is 0 Å². The summed E-state index contributed by atoms with van der Waals surface area (Å²) in [7, 11) is 0. The molecule has 1 atom stereocenters. The lowest BCUT2D eigenvalue weighted by Gasteiger charge is -2.12. The molecule has 1 fully saturated rings. The van der Waals surface area contributed by atoms with Gasteiger partial charge in [0.15, 0.2) is 0 Å². The summed E-state index contributed by atoms with van der Waals surface area (Å²) in [6.07, 6.45) is 5.59. The van der Waals surface area contributed by atoms with Crippen LogP contribution in [0.3, 0.4) is 0 Å². The third kappa shape index (κ3) is 2.92. The van der Waals surface area contributed by atoms with Gasteiger partial charge >= 0.3 is 0 Å². The first-order valence-corrected chi connectivity index (χ1v) is 6.03. The molecular formula is C12H20N4. The summed E-state index contributed by atoms with van der Waals surface area (Å²) in [6.45, 7) is 6.10. The Morgan fingerprint density at radius 3 is 3.12 bits per heavy atom. The van der Waals surface area contributed by atoms with Crippen molar-refractivity contribution < 1.29 is 0 Å². The summed E-state index contributed by atoms with van der Waals surface area (Å²) in [5.41, 5.74) is 1.94. The number of aromatic nitrogens is 2. The van der Waals surface area contributed by atoms with Crippen LogP contribution in [0.2, 0.25) is 0 Å². The Kier molecular flexibility index (Phi) is 3.72. The van der Waals surface area contributed by atoms with Crippen LogP contribution in [0.1, 0.15) is 30.7 Å². The van der Waals surface area contributed by atoms with E-state index in [9.17, 15) is 0 Å². The number of nitrogens with zero attached hydrogens (tertiary/aromatic N) is 2. The minimum atomic E-state index is 0.686. The second-order valence-corrected chi connectivity index (χ2v) is 4.45. The Hall–Kier alpha value is -1.16. The van der Waals surface area contributed by atoms with E-state index < -0.39 is 0 Å². The maximum atomic E-state index is 4.44. The smallest absolute Gasteiger partial charge is 0.147 e. The van der Waals surface area contributed by atoms with Crippen LogP contribution in [0.25, 0.3) is 0 Å². The molecule has 2 heterocycles. The fourth-order valence-corrected chi connectivity index (χ4v) is 2.07. The molecule has 4 heteroatoms. The summed E-state index contributed by atoms with van der Waals surface area (Å²) in [5, 5.41) is 6.86. The van der Waals surface area contributed by atoms with Crippen molar-refractivity contribution in [3.8, 4) is 0 Å². The lowest BCUT2D eigenvalue weighted by atomic mass is 10.1. The molecule has 0 bridgehead atoms. The largest absolute Gasteiger partial charge is 0.369 e. The summed E-state index contributed by atoms with van der Waals surface area (Å²) < 4.78 is 0. The molecule has 0 spiro atoms. The van der Waals surface area contributed by atoms with E-state index in [1.54, 1.807) is 6.20 Å². The second kappa shape index (κ2) is 5.25. The molecule has 1 aromatic heterocycles. The van der Waals surface area contributed by atoms with Gasteiger partial charge in [0.1, 0.15) is 5.82 Å². The fourth-order valence-electron chi connectivity index (χ4n) is 2.07. The predicted octanol–water partition coefficient (Wildman–Crippen LogP) is 1.65. The van der Waals surface area contributed by atoms with Gasteiger partial charge in [0, 0.05) is 18.8 Å². The molecule has 0 aromatic carbocycles. The van der Waals surface area contributed by atoms with Gasteiger partial charge in [-0.15, -0.1) is 0 Å². The lowest BCUT2D eigenvalue weighted by Crippen LogP contribution is -2.24. The lowest BCUT2D eigenvalue weighted by molar-refractivity contribution is 0.574. The van der Waals surface area contributed by atoms with Crippen molar-refractivity contribution in [2.45, 2.75) is 39.2 Å². The van der Waals surface area contributed by atoms with Gasteiger partial charge in [-0.3, -0.25) is 4.98 Å². The zero-order valence-electron chi connectivity index (χ0n) is 10.1. The van der Waals surface area contributed by atoms with Gasteiger partial charge in [0.25, 0.3) is 0 Å². The van der Waals surface area contributed by atoms with E-state index in [1.807, 2.05) is 13.8 Å². The molecule has 2 rings (SSSR count). The van der Waals surface area contributed by atoms with Crippen molar-refractivity contribution in [2.75, 3.05) is 18.4 Å². The standard InChI is InChI=1S/C12H20N4/c1-9-8-15-10(2)12(16-9)14-7-5-11-4-3-6-13-11/h8,11,13H,3-7H2,1-2H3,(H,14,16)/t11-/m0/s1. The highest BCUT2D eigenvalue weighted by Gasteiger charge is 2.13. The van der Waals surface area contributed by atoms with Crippen LogP contribution < -0.4 is 10.6 Å². The van der Waals surface area contributed by atoms with E-state index in [0.29, 0.717) is 6.04 Å². The molecule has 88 valence electrons. The number of anilines is 1. The molecule has 2 N–H and O–H groups in total. The van der Waals surface area contributed by atoms with E-state index in [1.165, 1.54) is 19.4 Å². The zero-order valence-corrected chi connectivity index (χ0v) is 10.1. The Labute approximate surface area is 96.9 Å². The molecule has 0 saturated carbocycles.